The molecule has 112 valence electrons. The van der Waals surface area contributed by atoms with Crippen LogP contribution in [0.3, 0.4) is 0 Å². The summed E-state index contributed by atoms with van der Waals surface area (Å²) in [4.78, 5) is 14.2. The standard InChI is InChI=1S/C15H22N2O2.ClH/c1-19-14-6-4-13(5-7-14)12-15(18)16-8-11-17-9-2-3-10-17;/h4-7H,2-3,8-12H2,1H3,(H,16,18);1H. The van der Waals surface area contributed by atoms with Crippen LogP contribution in [0.25, 0.3) is 0 Å². The van der Waals surface area contributed by atoms with Gasteiger partial charge in [-0.05, 0) is 43.6 Å². The van der Waals surface area contributed by atoms with Crippen molar-refractivity contribution in [1.29, 1.82) is 0 Å². The van der Waals surface area contributed by atoms with E-state index in [-0.39, 0.29) is 18.3 Å². The number of hydrogen-bond acceptors (Lipinski definition) is 3. The van der Waals surface area contributed by atoms with Crippen LogP contribution in [0.4, 0.5) is 0 Å². The van der Waals surface area contributed by atoms with E-state index in [0.29, 0.717) is 6.42 Å². The van der Waals surface area contributed by atoms with Crippen LogP contribution in [-0.2, 0) is 11.2 Å². The van der Waals surface area contributed by atoms with Crippen LogP contribution in [-0.4, -0.2) is 44.1 Å². The van der Waals surface area contributed by atoms with Gasteiger partial charge in [-0.1, -0.05) is 12.1 Å². The lowest BCUT2D eigenvalue weighted by Gasteiger charge is -2.14. The van der Waals surface area contributed by atoms with Gasteiger partial charge in [-0.3, -0.25) is 4.79 Å². The maximum atomic E-state index is 11.8. The Balaban J connectivity index is 0.00000200. The molecule has 1 N–H and O–H groups in total. The Labute approximate surface area is 126 Å². The maximum Gasteiger partial charge on any atom is 0.224 e. The second kappa shape index (κ2) is 8.82. The molecule has 1 saturated heterocycles. The van der Waals surface area contributed by atoms with E-state index in [1.165, 1.54) is 25.9 Å². The van der Waals surface area contributed by atoms with Crippen LogP contribution < -0.4 is 10.1 Å². The second-order valence-corrected chi connectivity index (χ2v) is 4.92. The van der Waals surface area contributed by atoms with Gasteiger partial charge in [0.15, 0.2) is 0 Å². The van der Waals surface area contributed by atoms with Gasteiger partial charge >= 0.3 is 0 Å². The van der Waals surface area contributed by atoms with Gasteiger partial charge in [0.25, 0.3) is 0 Å². The minimum absolute atomic E-state index is 0. The van der Waals surface area contributed by atoms with Gasteiger partial charge in [0, 0.05) is 13.1 Å². The van der Waals surface area contributed by atoms with Crippen LogP contribution in [0.1, 0.15) is 18.4 Å². The lowest BCUT2D eigenvalue weighted by molar-refractivity contribution is -0.120. The maximum absolute atomic E-state index is 11.8. The van der Waals surface area contributed by atoms with E-state index in [1.54, 1.807) is 7.11 Å². The molecule has 0 atom stereocenters. The summed E-state index contributed by atoms with van der Waals surface area (Å²) >= 11 is 0. The predicted octanol–water partition coefficient (Wildman–Crippen LogP) is 1.87. The number of carbonyl (C=O) groups is 1. The summed E-state index contributed by atoms with van der Waals surface area (Å²) in [6.45, 7) is 4.06. The molecule has 0 aromatic heterocycles. The molecule has 0 unspecified atom stereocenters. The Morgan fingerprint density at radius 2 is 1.90 bits per heavy atom. The van der Waals surface area contributed by atoms with Crippen molar-refractivity contribution in [3.63, 3.8) is 0 Å². The van der Waals surface area contributed by atoms with Crippen molar-refractivity contribution in [3.8, 4) is 5.75 Å². The molecule has 20 heavy (non-hydrogen) atoms. The molecule has 1 aromatic carbocycles. The highest BCUT2D eigenvalue weighted by Gasteiger charge is 2.11. The first-order valence-electron chi connectivity index (χ1n) is 6.90. The molecule has 1 aromatic rings. The van der Waals surface area contributed by atoms with Crippen molar-refractivity contribution in [2.24, 2.45) is 0 Å². The van der Waals surface area contributed by atoms with E-state index in [2.05, 4.69) is 10.2 Å². The van der Waals surface area contributed by atoms with Crippen LogP contribution in [0.2, 0.25) is 0 Å². The molecule has 1 fully saturated rings. The number of nitrogens with one attached hydrogen (secondary N) is 1. The first-order valence-corrected chi connectivity index (χ1v) is 6.90. The molecule has 0 radical (unpaired) electrons. The molecule has 0 saturated carbocycles. The summed E-state index contributed by atoms with van der Waals surface area (Å²) in [5, 5.41) is 2.97. The number of rotatable bonds is 6. The highest BCUT2D eigenvalue weighted by atomic mass is 35.5. The molecular weight excluding hydrogens is 276 g/mol. The Hall–Kier alpha value is -1.26. The van der Waals surface area contributed by atoms with Gasteiger partial charge in [-0.2, -0.15) is 0 Å². The summed E-state index contributed by atoms with van der Waals surface area (Å²) in [5.74, 6) is 0.905. The van der Waals surface area contributed by atoms with Crippen molar-refractivity contribution in [2.45, 2.75) is 19.3 Å². The Morgan fingerprint density at radius 1 is 1.25 bits per heavy atom. The van der Waals surface area contributed by atoms with E-state index in [9.17, 15) is 4.79 Å². The Morgan fingerprint density at radius 3 is 2.50 bits per heavy atom. The molecule has 0 bridgehead atoms. The molecule has 4 nitrogen and oxygen atoms in total. The minimum Gasteiger partial charge on any atom is -0.497 e. The third-order valence-electron chi connectivity index (χ3n) is 3.47. The van der Waals surface area contributed by atoms with Gasteiger partial charge in [0.2, 0.25) is 5.91 Å². The van der Waals surface area contributed by atoms with Crippen LogP contribution in [0.5, 0.6) is 5.75 Å². The zero-order chi connectivity index (χ0) is 13.5. The van der Waals surface area contributed by atoms with E-state index in [1.807, 2.05) is 24.3 Å². The highest BCUT2D eigenvalue weighted by molar-refractivity contribution is 5.85. The third-order valence-corrected chi connectivity index (χ3v) is 3.47. The lowest BCUT2D eigenvalue weighted by Crippen LogP contribution is -2.34. The second-order valence-electron chi connectivity index (χ2n) is 4.92. The van der Waals surface area contributed by atoms with Gasteiger partial charge < -0.3 is 15.0 Å². The van der Waals surface area contributed by atoms with Crippen LogP contribution in [0.15, 0.2) is 24.3 Å². The molecule has 2 rings (SSSR count). The number of likely N-dealkylation sites (tertiary alicyclic amines) is 1. The quantitative estimate of drug-likeness (QED) is 0.872. The summed E-state index contributed by atoms with van der Waals surface area (Å²) in [6, 6.07) is 7.62. The number of ether oxygens (including phenoxy) is 1. The number of amides is 1. The molecular formula is C15H23ClN2O2. The fourth-order valence-electron chi connectivity index (χ4n) is 2.35. The molecule has 1 amide bonds. The Bertz CT molecular complexity index is 403. The number of nitrogens with zero attached hydrogens (tertiary/aromatic N) is 1. The normalized spacial score (nSPS) is 14.7. The van der Waals surface area contributed by atoms with Gasteiger partial charge in [-0.15, -0.1) is 12.4 Å². The first kappa shape index (κ1) is 16.8. The van der Waals surface area contributed by atoms with Gasteiger partial charge in [-0.25, -0.2) is 0 Å². The number of halogens is 1. The Kier molecular flexibility index (Phi) is 7.41. The lowest BCUT2D eigenvalue weighted by atomic mass is 10.1. The molecule has 5 heteroatoms. The van der Waals surface area contributed by atoms with E-state index < -0.39 is 0 Å². The summed E-state index contributed by atoms with van der Waals surface area (Å²) in [7, 11) is 1.64. The van der Waals surface area contributed by atoms with Gasteiger partial charge in [0.05, 0.1) is 13.5 Å². The fraction of sp³-hybridized carbons (Fsp3) is 0.533. The minimum atomic E-state index is 0. The van der Waals surface area contributed by atoms with Crippen molar-refractivity contribution < 1.29 is 9.53 Å². The van der Waals surface area contributed by atoms with Crippen molar-refractivity contribution in [3.05, 3.63) is 29.8 Å². The molecule has 1 aliphatic rings. The largest absolute Gasteiger partial charge is 0.497 e. The SMILES string of the molecule is COc1ccc(CC(=O)NCCN2CCCC2)cc1.Cl. The molecule has 0 aliphatic carbocycles. The summed E-state index contributed by atoms with van der Waals surface area (Å²) < 4.78 is 5.09. The number of carbonyl (C=O) groups excluding carboxylic acids is 1. The third kappa shape index (κ3) is 5.39. The van der Waals surface area contributed by atoms with Crippen molar-refractivity contribution in [1.82, 2.24) is 10.2 Å². The van der Waals surface area contributed by atoms with Crippen LogP contribution in [0, 0.1) is 0 Å². The highest BCUT2D eigenvalue weighted by Crippen LogP contribution is 2.11. The van der Waals surface area contributed by atoms with Crippen molar-refractivity contribution >= 4 is 18.3 Å². The van der Waals surface area contributed by atoms with E-state index >= 15 is 0 Å². The molecule has 1 aliphatic heterocycles. The summed E-state index contributed by atoms with van der Waals surface area (Å²) in [5.41, 5.74) is 1.01. The average molecular weight is 299 g/mol. The zero-order valence-corrected chi connectivity index (χ0v) is 12.7. The summed E-state index contributed by atoms with van der Waals surface area (Å²) in [6.07, 6.45) is 3.02. The fourth-order valence-corrected chi connectivity index (χ4v) is 2.35. The van der Waals surface area contributed by atoms with Crippen molar-refractivity contribution in [2.75, 3.05) is 33.3 Å². The number of benzene rings is 1. The topological polar surface area (TPSA) is 41.6 Å². The number of methoxy groups -OCH3 is 1. The van der Waals surface area contributed by atoms with Crippen LogP contribution >= 0.6 is 12.4 Å². The monoisotopic (exact) mass is 298 g/mol. The number of hydrogen-bond donors (Lipinski definition) is 1. The zero-order valence-electron chi connectivity index (χ0n) is 11.9. The molecule has 1 heterocycles. The average Bonchev–Trinajstić information content (AvgIpc) is 2.93. The first-order chi connectivity index (χ1) is 9.28. The predicted molar refractivity (Wildman–Crippen MR) is 82.6 cm³/mol. The van der Waals surface area contributed by atoms with E-state index in [0.717, 1.165) is 24.4 Å². The van der Waals surface area contributed by atoms with Gasteiger partial charge in [0.1, 0.15) is 5.75 Å². The smallest absolute Gasteiger partial charge is 0.224 e. The molecule has 0 spiro atoms. The van der Waals surface area contributed by atoms with E-state index in [4.69, 9.17) is 4.74 Å².